The highest BCUT2D eigenvalue weighted by Crippen LogP contribution is 2.33. The minimum atomic E-state index is -0.433. The van der Waals surface area contributed by atoms with Gasteiger partial charge >= 0.3 is 5.69 Å². The van der Waals surface area contributed by atoms with Gasteiger partial charge in [-0.25, -0.2) is 0 Å². The molecule has 7 heteroatoms. The van der Waals surface area contributed by atoms with Crippen LogP contribution in [-0.2, 0) is 6.54 Å². The van der Waals surface area contributed by atoms with Crippen molar-refractivity contribution in [1.82, 2.24) is 4.90 Å². The van der Waals surface area contributed by atoms with Crippen molar-refractivity contribution in [1.29, 1.82) is 0 Å². The first-order chi connectivity index (χ1) is 12.0. The van der Waals surface area contributed by atoms with Crippen LogP contribution in [0.3, 0.4) is 0 Å². The summed E-state index contributed by atoms with van der Waals surface area (Å²) in [5.41, 5.74) is 1.56. The fourth-order valence-corrected chi connectivity index (χ4v) is 3.58. The van der Waals surface area contributed by atoms with Crippen LogP contribution in [0, 0.1) is 10.1 Å². The molecular weight excluding hydrogens is 361 g/mol. The Labute approximate surface area is 156 Å². The summed E-state index contributed by atoms with van der Waals surface area (Å²) < 4.78 is 0. The zero-order valence-corrected chi connectivity index (χ0v) is 15.1. The molecule has 0 atom stereocenters. The summed E-state index contributed by atoms with van der Waals surface area (Å²) in [5.74, 6) is 0. The molecule has 0 saturated carbocycles. The van der Waals surface area contributed by atoms with E-state index in [0.717, 1.165) is 43.1 Å². The predicted molar refractivity (Wildman–Crippen MR) is 101 cm³/mol. The van der Waals surface area contributed by atoms with E-state index in [-0.39, 0.29) is 16.8 Å². The first kappa shape index (κ1) is 18.0. The minimum Gasteiger partial charge on any atom is -0.377 e. The molecular formula is C18H19Cl2N3O2. The summed E-state index contributed by atoms with van der Waals surface area (Å²) in [7, 11) is 0. The van der Waals surface area contributed by atoms with E-state index in [9.17, 15) is 10.1 Å². The Morgan fingerprint density at radius 2 is 1.76 bits per heavy atom. The number of halogens is 2. The number of hydrogen-bond acceptors (Lipinski definition) is 4. The van der Waals surface area contributed by atoms with Crippen LogP contribution in [0.1, 0.15) is 18.4 Å². The monoisotopic (exact) mass is 379 g/mol. The average Bonchev–Trinajstić information content (AvgIpc) is 2.58. The largest absolute Gasteiger partial charge is 0.377 e. The fraction of sp³-hybridized carbons (Fsp3) is 0.333. The van der Waals surface area contributed by atoms with Crippen molar-refractivity contribution in [2.24, 2.45) is 0 Å². The standard InChI is InChI=1S/C18H19Cl2N3O2/c19-15-5-2-1-4-13(15)12-22-10-8-14(9-11-22)21-17-7-3-6-16(20)18(17)23(24)25/h1-7,14,21H,8-12H2. The Morgan fingerprint density at radius 1 is 1.08 bits per heavy atom. The fourth-order valence-electron chi connectivity index (χ4n) is 3.14. The van der Waals surface area contributed by atoms with E-state index in [1.165, 1.54) is 6.07 Å². The molecule has 1 heterocycles. The lowest BCUT2D eigenvalue weighted by molar-refractivity contribution is -0.383. The van der Waals surface area contributed by atoms with Gasteiger partial charge in [-0.3, -0.25) is 15.0 Å². The molecule has 2 aromatic rings. The number of hydrogen-bond donors (Lipinski definition) is 1. The number of anilines is 1. The Kier molecular flexibility index (Phi) is 5.78. The number of nitro benzene ring substituents is 1. The van der Waals surface area contributed by atoms with Gasteiger partial charge in [0.15, 0.2) is 0 Å². The van der Waals surface area contributed by atoms with Crippen LogP contribution in [0.4, 0.5) is 11.4 Å². The van der Waals surface area contributed by atoms with E-state index in [0.29, 0.717) is 5.69 Å². The predicted octanol–water partition coefficient (Wildman–Crippen LogP) is 4.98. The lowest BCUT2D eigenvalue weighted by Crippen LogP contribution is -2.38. The van der Waals surface area contributed by atoms with Gasteiger partial charge in [0.05, 0.1) is 4.92 Å². The molecule has 0 aromatic heterocycles. The highest BCUT2D eigenvalue weighted by Gasteiger charge is 2.24. The second-order valence-electron chi connectivity index (χ2n) is 6.18. The Morgan fingerprint density at radius 3 is 2.44 bits per heavy atom. The lowest BCUT2D eigenvalue weighted by atomic mass is 10.0. The van der Waals surface area contributed by atoms with Crippen molar-refractivity contribution in [3.63, 3.8) is 0 Å². The SMILES string of the molecule is O=[N+]([O-])c1c(Cl)cccc1NC1CCN(Cc2ccccc2Cl)CC1. The van der Waals surface area contributed by atoms with Crippen molar-refractivity contribution in [3.05, 3.63) is 68.2 Å². The molecule has 5 nitrogen and oxygen atoms in total. The van der Waals surface area contributed by atoms with Crippen molar-refractivity contribution in [3.8, 4) is 0 Å². The maximum Gasteiger partial charge on any atom is 0.310 e. The first-order valence-corrected chi connectivity index (χ1v) is 8.95. The van der Waals surface area contributed by atoms with E-state index in [2.05, 4.69) is 10.2 Å². The van der Waals surface area contributed by atoms with E-state index < -0.39 is 4.92 Å². The zero-order chi connectivity index (χ0) is 17.8. The second kappa shape index (κ2) is 8.04. The van der Waals surface area contributed by atoms with Gasteiger partial charge in [-0.15, -0.1) is 0 Å². The summed E-state index contributed by atoms with van der Waals surface area (Å²) >= 11 is 12.2. The molecule has 1 aliphatic heterocycles. The van der Waals surface area contributed by atoms with Crippen LogP contribution in [0.5, 0.6) is 0 Å². The van der Waals surface area contributed by atoms with Crippen LogP contribution in [0.15, 0.2) is 42.5 Å². The molecule has 0 bridgehead atoms. The number of piperidine rings is 1. The van der Waals surface area contributed by atoms with Crippen LogP contribution in [-0.4, -0.2) is 29.0 Å². The van der Waals surface area contributed by atoms with Crippen LogP contribution >= 0.6 is 23.2 Å². The van der Waals surface area contributed by atoms with Crippen LogP contribution in [0.25, 0.3) is 0 Å². The Balaban J connectivity index is 1.59. The average molecular weight is 380 g/mol. The molecule has 1 fully saturated rings. The van der Waals surface area contributed by atoms with Crippen molar-refractivity contribution in [2.75, 3.05) is 18.4 Å². The molecule has 1 aliphatic rings. The third-order valence-corrected chi connectivity index (χ3v) is 5.14. The summed E-state index contributed by atoms with van der Waals surface area (Å²) in [6.45, 7) is 2.65. The highest BCUT2D eigenvalue weighted by atomic mass is 35.5. The molecule has 0 radical (unpaired) electrons. The summed E-state index contributed by atoms with van der Waals surface area (Å²) in [6.07, 6.45) is 1.82. The third kappa shape index (κ3) is 4.42. The zero-order valence-electron chi connectivity index (χ0n) is 13.6. The van der Waals surface area contributed by atoms with Crippen molar-refractivity contribution in [2.45, 2.75) is 25.4 Å². The van der Waals surface area contributed by atoms with Crippen molar-refractivity contribution < 1.29 is 4.92 Å². The number of rotatable bonds is 5. The summed E-state index contributed by atoms with van der Waals surface area (Å²) in [4.78, 5) is 13.2. The van der Waals surface area contributed by atoms with Gasteiger partial charge in [0.25, 0.3) is 0 Å². The van der Waals surface area contributed by atoms with Crippen LogP contribution in [0.2, 0.25) is 10.0 Å². The van der Waals surface area contributed by atoms with E-state index >= 15 is 0 Å². The van der Waals surface area contributed by atoms with E-state index in [1.807, 2.05) is 24.3 Å². The highest BCUT2D eigenvalue weighted by molar-refractivity contribution is 6.33. The molecule has 132 valence electrons. The van der Waals surface area contributed by atoms with Gasteiger partial charge in [-0.2, -0.15) is 0 Å². The molecule has 25 heavy (non-hydrogen) atoms. The molecule has 0 amide bonds. The maximum absolute atomic E-state index is 11.2. The number of para-hydroxylation sites is 1. The van der Waals surface area contributed by atoms with Gasteiger partial charge < -0.3 is 5.32 Å². The molecule has 0 unspecified atom stereocenters. The minimum absolute atomic E-state index is 0.0531. The lowest BCUT2D eigenvalue weighted by Gasteiger charge is -2.33. The smallest absolute Gasteiger partial charge is 0.310 e. The molecule has 3 rings (SSSR count). The summed E-state index contributed by atoms with van der Waals surface area (Å²) in [5, 5.41) is 15.5. The van der Waals surface area contributed by atoms with E-state index in [4.69, 9.17) is 23.2 Å². The number of nitro groups is 1. The Hall–Kier alpha value is -1.82. The molecule has 1 saturated heterocycles. The second-order valence-corrected chi connectivity index (χ2v) is 6.99. The normalized spacial score (nSPS) is 15.9. The van der Waals surface area contributed by atoms with E-state index in [1.54, 1.807) is 12.1 Å². The quantitative estimate of drug-likeness (QED) is 0.587. The molecule has 1 N–H and O–H groups in total. The number of nitrogens with one attached hydrogen (secondary N) is 1. The van der Waals surface area contributed by atoms with Gasteiger partial charge in [0, 0.05) is 30.7 Å². The van der Waals surface area contributed by atoms with Gasteiger partial charge in [0.2, 0.25) is 0 Å². The topological polar surface area (TPSA) is 58.4 Å². The maximum atomic E-state index is 11.2. The molecule has 0 spiro atoms. The molecule has 0 aliphatic carbocycles. The number of likely N-dealkylation sites (tertiary alicyclic amines) is 1. The van der Waals surface area contributed by atoms with Crippen molar-refractivity contribution >= 4 is 34.6 Å². The van der Waals surface area contributed by atoms with Gasteiger partial charge in [-0.05, 0) is 36.6 Å². The summed E-state index contributed by atoms with van der Waals surface area (Å²) in [6, 6.07) is 13.0. The van der Waals surface area contributed by atoms with Gasteiger partial charge in [0.1, 0.15) is 10.7 Å². The number of benzene rings is 2. The van der Waals surface area contributed by atoms with Gasteiger partial charge in [-0.1, -0.05) is 47.5 Å². The third-order valence-electron chi connectivity index (χ3n) is 4.47. The first-order valence-electron chi connectivity index (χ1n) is 8.20. The molecule has 2 aromatic carbocycles. The Bertz CT molecular complexity index is 762. The number of nitrogens with zero attached hydrogens (tertiary/aromatic N) is 2. The van der Waals surface area contributed by atoms with Crippen LogP contribution < -0.4 is 5.32 Å².